The highest BCUT2D eigenvalue weighted by atomic mass is 16.6. The van der Waals surface area contributed by atoms with Crippen molar-refractivity contribution in [3.05, 3.63) is 62.7 Å². The molecule has 5 heteroatoms. The number of nitro groups is 1. The highest BCUT2D eigenvalue weighted by Gasteiger charge is 2.35. The summed E-state index contributed by atoms with van der Waals surface area (Å²) in [4.78, 5) is 13.2. The zero-order valence-corrected chi connectivity index (χ0v) is 15.9. The lowest BCUT2D eigenvalue weighted by Gasteiger charge is -2.38. The van der Waals surface area contributed by atoms with Crippen LogP contribution in [0.4, 0.5) is 0 Å². The fourth-order valence-corrected chi connectivity index (χ4v) is 3.49. The first-order chi connectivity index (χ1) is 11.8. The van der Waals surface area contributed by atoms with Crippen LogP contribution < -0.4 is 4.74 Å². The van der Waals surface area contributed by atoms with Crippen LogP contribution in [-0.4, -0.2) is 21.9 Å². The van der Waals surface area contributed by atoms with E-state index in [2.05, 4.69) is 19.9 Å². The molecule has 0 N–H and O–H groups in total. The maximum Gasteiger partial charge on any atom is 0.336 e. The Morgan fingerprint density at radius 3 is 2.28 bits per heavy atom. The molecule has 1 aromatic carbocycles. The summed E-state index contributed by atoms with van der Waals surface area (Å²) in [7, 11) is 0. The van der Waals surface area contributed by atoms with Crippen LogP contribution >= 0.6 is 0 Å². The lowest BCUT2D eigenvalue weighted by molar-refractivity contribution is -0.425. The van der Waals surface area contributed by atoms with Crippen LogP contribution in [0.3, 0.4) is 0 Å². The first-order valence-corrected chi connectivity index (χ1v) is 8.82. The number of allylic oxidation sites excluding steroid dienone is 1. The number of ether oxygens (including phenoxy) is 1. The van der Waals surface area contributed by atoms with Gasteiger partial charge in [-0.25, -0.2) is 0 Å². The standard InChI is InChI=1S/C20H27N2O3/c1-7-17(8-2)21-16(6)9-10-18(22(23)24)20(21)25-19-14(4)11-13(3)12-15(19)5/h9,11-12,16-17H,7-8H2,1-6H3. The predicted molar refractivity (Wildman–Crippen MR) is 98.8 cm³/mol. The van der Waals surface area contributed by atoms with Crippen LogP contribution in [0, 0.1) is 37.0 Å². The molecule has 1 aliphatic heterocycles. The van der Waals surface area contributed by atoms with Gasteiger partial charge in [-0.1, -0.05) is 31.5 Å². The number of aryl methyl sites for hydroxylation is 3. The van der Waals surface area contributed by atoms with E-state index < -0.39 is 4.92 Å². The molecule has 5 nitrogen and oxygen atoms in total. The van der Waals surface area contributed by atoms with Gasteiger partial charge in [-0.05, 0) is 57.7 Å². The molecule has 1 radical (unpaired) electrons. The number of nitrogens with zero attached hydrogens (tertiary/aromatic N) is 2. The third-order valence-corrected chi connectivity index (χ3v) is 4.66. The Kier molecular flexibility index (Phi) is 5.88. The van der Waals surface area contributed by atoms with E-state index >= 15 is 0 Å². The van der Waals surface area contributed by atoms with Crippen molar-refractivity contribution >= 4 is 0 Å². The monoisotopic (exact) mass is 343 g/mol. The molecule has 2 rings (SSSR count). The highest BCUT2D eigenvalue weighted by Crippen LogP contribution is 2.33. The SMILES string of the molecule is CCC(CC)N1C(Oc2c(C)cc(C)cc2C)=C([N+](=O)[O-])[C]=CC1C. The molecule has 0 saturated heterocycles. The fraction of sp³-hybridized carbons (Fsp3) is 0.500. The zero-order valence-electron chi connectivity index (χ0n) is 15.9. The van der Waals surface area contributed by atoms with E-state index in [1.165, 1.54) is 0 Å². The molecular formula is C20H27N2O3. The summed E-state index contributed by atoms with van der Waals surface area (Å²) in [5.74, 6) is 0.982. The molecule has 135 valence electrons. The average molecular weight is 343 g/mol. The van der Waals surface area contributed by atoms with Gasteiger partial charge in [0, 0.05) is 12.1 Å². The lowest BCUT2D eigenvalue weighted by Crippen LogP contribution is -2.44. The normalized spacial score (nSPS) is 17.4. The smallest absolute Gasteiger partial charge is 0.336 e. The highest BCUT2D eigenvalue weighted by molar-refractivity contribution is 5.44. The fourth-order valence-electron chi connectivity index (χ4n) is 3.49. The first-order valence-electron chi connectivity index (χ1n) is 8.82. The Morgan fingerprint density at radius 1 is 1.24 bits per heavy atom. The van der Waals surface area contributed by atoms with E-state index in [1.807, 2.05) is 44.7 Å². The van der Waals surface area contributed by atoms with E-state index in [1.54, 1.807) is 6.08 Å². The van der Waals surface area contributed by atoms with Crippen molar-refractivity contribution in [3.63, 3.8) is 0 Å². The zero-order chi connectivity index (χ0) is 18.7. The minimum Gasteiger partial charge on any atom is -0.435 e. The molecule has 0 aliphatic carbocycles. The van der Waals surface area contributed by atoms with Gasteiger partial charge < -0.3 is 9.64 Å². The molecule has 1 heterocycles. The van der Waals surface area contributed by atoms with Gasteiger partial charge in [0.05, 0.1) is 11.0 Å². The quantitative estimate of drug-likeness (QED) is 0.555. The van der Waals surface area contributed by atoms with Crippen molar-refractivity contribution in [2.24, 2.45) is 0 Å². The summed E-state index contributed by atoms with van der Waals surface area (Å²) in [5, 5.41) is 11.6. The van der Waals surface area contributed by atoms with Crippen LogP contribution in [0.1, 0.15) is 50.3 Å². The molecule has 25 heavy (non-hydrogen) atoms. The van der Waals surface area contributed by atoms with Crippen molar-refractivity contribution in [1.29, 1.82) is 0 Å². The third-order valence-electron chi connectivity index (χ3n) is 4.66. The van der Waals surface area contributed by atoms with E-state index in [9.17, 15) is 10.1 Å². The summed E-state index contributed by atoms with van der Waals surface area (Å²) in [6.07, 6.45) is 6.33. The molecule has 0 amide bonds. The van der Waals surface area contributed by atoms with Crippen LogP contribution in [0.2, 0.25) is 0 Å². The van der Waals surface area contributed by atoms with Crippen molar-refractivity contribution in [1.82, 2.24) is 4.90 Å². The van der Waals surface area contributed by atoms with E-state index in [0.29, 0.717) is 11.6 Å². The van der Waals surface area contributed by atoms with Crippen LogP contribution in [-0.2, 0) is 0 Å². The van der Waals surface area contributed by atoms with Crippen molar-refractivity contribution in [3.8, 4) is 5.75 Å². The molecule has 0 saturated carbocycles. The molecule has 1 atom stereocenters. The van der Waals surface area contributed by atoms with Crippen molar-refractivity contribution in [2.75, 3.05) is 0 Å². The minimum absolute atomic E-state index is 0.00494. The molecule has 1 unspecified atom stereocenters. The number of benzene rings is 1. The Hall–Kier alpha value is -2.30. The summed E-state index contributed by atoms with van der Waals surface area (Å²) < 4.78 is 6.19. The van der Waals surface area contributed by atoms with Gasteiger partial charge in [-0.15, -0.1) is 0 Å². The summed E-state index contributed by atoms with van der Waals surface area (Å²) in [6.45, 7) is 12.2. The molecule has 0 bridgehead atoms. The molecule has 1 aromatic rings. The Morgan fingerprint density at radius 2 is 1.80 bits per heavy atom. The molecular weight excluding hydrogens is 316 g/mol. The summed E-state index contributed by atoms with van der Waals surface area (Å²) in [5.41, 5.74) is 2.98. The number of rotatable bonds is 6. The Bertz CT molecular complexity index is 695. The number of hydrogen-bond donors (Lipinski definition) is 0. The van der Waals surface area contributed by atoms with E-state index in [0.717, 1.165) is 29.5 Å². The van der Waals surface area contributed by atoms with E-state index in [4.69, 9.17) is 4.74 Å². The largest absolute Gasteiger partial charge is 0.435 e. The lowest BCUT2D eigenvalue weighted by atomic mass is 10.0. The molecule has 0 spiro atoms. The van der Waals surface area contributed by atoms with Gasteiger partial charge in [0.15, 0.2) is 0 Å². The van der Waals surface area contributed by atoms with Crippen LogP contribution in [0.5, 0.6) is 5.75 Å². The van der Waals surface area contributed by atoms with Gasteiger partial charge in [-0.2, -0.15) is 0 Å². The van der Waals surface area contributed by atoms with Crippen molar-refractivity contribution in [2.45, 2.75) is 66.5 Å². The average Bonchev–Trinajstić information content (AvgIpc) is 2.53. The first kappa shape index (κ1) is 19.0. The second-order valence-corrected chi connectivity index (χ2v) is 6.67. The molecule has 0 fully saturated rings. The minimum atomic E-state index is -0.411. The van der Waals surface area contributed by atoms with Crippen molar-refractivity contribution < 1.29 is 9.66 Å². The maximum atomic E-state index is 11.6. The molecule has 0 aromatic heterocycles. The van der Waals surface area contributed by atoms with Gasteiger partial charge in [0.2, 0.25) is 0 Å². The van der Waals surface area contributed by atoms with Gasteiger partial charge >= 0.3 is 5.70 Å². The third kappa shape index (κ3) is 3.86. The van der Waals surface area contributed by atoms with Gasteiger partial charge in [-0.3, -0.25) is 10.1 Å². The van der Waals surface area contributed by atoms with Crippen LogP contribution in [0.25, 0.3) is 0 Å². The van der Waals surface area contributed by atoms with Crippen LogP contribution in [0.15, 0.2) is 29.8 Å². The summed E-state index contributed by atoms with van der Waals surface area (Å²) in [6, 6.07) is 4.23. The Balaban J connectivity index is 2.57. The predicted octanol–water partition coefficient (Wildman–Crippen LogP) is 4.69. The van der Waals surface area contributed by atoms with Gasteiger partial charge in [0.1, 0.15) is 5.75 Å². The Labute approximate surface area is 150 Å². The second kappa shape index (κ2) is 7.72. The summed E-state index contributed by atoms with van der Waals surface area (Å²) >= 11 is 0. The van der Waals surface area contributed by atoms with E-state index in [-0.39, 0.29) is 17.8 Å². The number of hydrogen-bond acceptors (Lipinski definition) is 4. The second-order valence-electron chi connectivity index (χ2n) is 6.67. The maximum absolute atomic E-state index is 11.6. The molecule has 1 aliphatic rings. The van der Waals surface area contributed by atoms with Gasteiger partial charge in [0.25, 0.3) is 5.88 Å². The topological polar surface area (TPSA) is 55.6 Å².